The molecule has 6 heteroatoms. The average Bonchev–Trinajstić information content (AvgIpc) is 2.65. The van der Waals surface area contributed by atoms with E-state index in [0.717, 1.165) is 11.1 Å². The Morgan fingerprint density at radius 2 is 1.50 bits per heavy atom. The molecule has 0 aliphatic carbocycles. The van der Waals surface area contributed by atoms with Crippen molar-refractivity contribution in [3.63, 3.8) is 0 Å². The van der Waals surface area contributed by atoms with Gasteiger partial charge >= 0.3 is 0 Å². The molecule has 0 heterocycles. The summed E-state index contributed by atoms with van der Waals surface area (Å²) in [5, 5.41) is 2.61. The number of hydrogen-bond donors (Lipinski definition) is 3. The summed E-state index contributed by atoms with van der Waals surface area (Å²) < 4.78 is 0. The van der Waals surface area contributed by atoms with Gasteiger partial charge in [-0.05, 0) is 49.1 Å². The van der Waals surface area contributed by atoms with Crippen molar-refractivity contribution in [3.05, 3.63) is 70.8 Å². The van der Waals surface area contributed by atoms with Crippen molar-refractivity contribution < 1.29 is 14.4 Å². The SMILES string of the molecule is Cc1cccc(C(=O)N[C@@H](C)C(=O)NNC(=O)c2ccc(C(C)(C)C)cc2)c1. The van der Waals surface area contributed by atoms with Crippen molar-refractivity contribution in [1.82, 2.24) is 16.2 Å². The molecule has 2 rings (SSSR count). The lowest BCUT2D eigenvalue weighted by Crippen LogP contribution is -2.51. The predicted octanol–water partition coefficient (Wildman–Crippen LogP) is 2.87. The highest BCUT2D eigenvalue weighted by Crippen LogP contribution is 2.22. The number of amides is 3. The number of carbonyl (C=O) groups excluding carboxylic acids is 3. The molecule has 0 unspecified atom stereocenters. The molecule has 2 aromatic rings. The van der Waals surface area contributed by atoms with Gasteiger partial charge in [0, 0.05) is 11.1 Å². The summed E-state index contributed by atoms with van der Waals surface area (Å²) in [6.07, 6.45) is 0. The highest BCUT2D eigenvalue weighted by Gasteiger charge is 2.18. The van der Waals surface area contributed by atoms with Gasteiger partial charge in [-0.2, -0.15) is 0 Å². The zero-order valence-corrected chi connectivity index (χ0v) is 16.9. The largest absolute Gasteiger partial charge is 0.340 e. The molecular weight excluding hydrogens is 354 g/mol. The maximum Gasteiger partial charge on any atom is 0.269 e. The van der Waals surface area contributed by atoms with Gasteiger partial charge in [0.25, 0.3) is 17.7 Å². The van der Waals surface area contributed by atoms with Gasteiger partial charge in [0.05, 0.1) is 0 Å². The monoisotopic (exact) mass is 381 g/mol. The van der Waals surface area contributed by atoms with E-state index in [0.29, 0.717) is 11.1 Å². The van der Waals surface area contributed by atoms with Crippen LogP contribution in [0.2, 0.25) is 0 Å². The van der Waals surface area contributed by atoms with Crippen molar-refractivity contribution in [1.29, 1.82) is 0 Å². The smallest absolute Gasteiger partial charge is 0.269 e. The third kappa shape index (κ3) is 5.67. The van der Waals surface area contributed by atoms with Gasteiger partial charge in [-0.3, -0.25) is 25.2 Å². The quantitative estimate of drug-likeness (QED) is 0.712. The highest BCUT2D eigenvalue weighted by molar-refractivity contribution is 5.99. The molecule has 0 aliphatic rings. The molecule has 148 valence electrons. The molecule has 0 aliphatic heterocycles. The molecule has 6 nitrogen and oxygen atoms in total. The van der Waals surface area contributed by atoms with Gasteiger partial charge in [0.1, 0.15) is 6.04 Å². The van der Waals surface area contributed by atoms with Crippen molar-refractivity contribution in [2.24, 2.45) is 0 Å². The van der Waals surface area contributed by atoms with Crippen LogP contribution in [-0.2, 0) is 10.2 Å². The molecule has 0 radical (unpaired) electrons. The lowest BCUT2D eigenvalue weighted by Gasteiger charge is -2.19. The van der Waals surface area contributed by atoms with Crippen LogP contribution in [0.1, 0.15) is 59.5 Å². The summed E-state index contributed by atoms with van der Waals surface area (Å²) in [6, 6.07) is 13.5. The van der Waals surface area contributed by atoms with Crippen LogP contribution in [0.15, 0.2) is 48.5 Å². The standard InChI is InChI=1S/C22H27N3O3/c1-14-7-6-8-17(13-14)20(27)23-15(2)19(26)24-25-21(28)16-9-11-18(12-10-16)22(3,4)5/h6-13,15H,1-5H3,(H,23,27)(H,24,26)(H,25,28)/t15-/m0/s1. The fourth-order valence-electron chi connectivity index (χ4n) is 2.55. The van der Waals surface area contributed by atoms with Crippen LogP contribution < -0.4 is 16.2 Å². The van der Waals surface area contributed by atoms with E-state index in [1.54, 1.807) is 37.3 Å². The fourth-order valence-corrected chi connectivity index (χ4v) is 2.55. The van der Waals surface area contributed by atoms with Crippen LogP contribution in [0.25, 0.3) is 0 Å². The van der Waals surface area contributed by atoms with Gasteiger partial charge in [-0.1, -0.05) is 50.6 Å². The maximum absolute atomic E-state index is 12.2. The lowest BCUT2D eigenvalue weighted by atomic mass is 9.87. The second-order valence-corrected chi connectivity index (χ2v) is 7.84. The molecule has 0 bridgehead atoms. The van der Waals surface area contributed by atoms with E-state index in [1.165, 1.54) is 0 Å². The van der Waals surface area contributed by atoms with E-state index in [9.17, 15) is 14.4 Å². The van der Waals surface area contributed by atoms with E-state index >= 15 is 0 Å². The molecule has 0 saturated heterocycles. The Hall–Kier alpha value is -3.15. The third-order valence-corrected chi connectivity index (χ3v) is 4.33. The zero-order valence-electron chi connectivity index (χ0n) is 16.9. The summed E-state index contributed by atoms with van der Waals surface area (Å²) in [5.41, 5.74) is 7.68. The Morgan fingerprint density at radius 3 is 2.07 bits per heavy atom. The number of carbonyl (C=O) groups is 3. The summed E-state index contributed by atoms with van der Waals surface area (Å²) in [7, 11) is 0. The van der Waals surface area contributed by atoms with Gasteiger partial charge in [0.2, 0.25) is 0 Å². The van der Waals surface area contributed by atoms with Gasteiger partial charge in [0.15, 0.2) is 0 Å². The van der Waals surface area contributed by atoms with Crippen LogP contribution in [0.3, 0.4) is 0 Å². The topological polar surface area (TPSA) is 87.3 Å². The minimum Gasteiger partial charge on any atom is -0.340 e. The fraction of sp³-hybridized carbons (Fsp3) is 0.318. The highest BCUT2D eigenvalue weighted by atomic mass is 16.2. The third-order valence-electron chi connectivity index (χ3n) is 4.33. The Bertz CT molecular complexity index is 867. The number of benzene rings is 2. The molecule has 28 heavy (non-hydrogen) atoms. The van der Waals surface area contributed by atoms with Crippen molar-refractivity contribution >= 4 is 17.7 Å². The van der Waals surface area contributed by atoms with Crippen LogP contribution >= 0.6 is 0 Å². The molecule has 0 aromatic heterocycles. The molecule has 1 atom stereocenters. The second-order valence-electron chi connectivity index (χ2n) is 7.84. The predicted molar refractivity (Wildman–Crippen MR) is 109 cm³/mol. The first-order valence-electron chi connectivity index (χ1n) is 9.16. The number of hydrogen-bond acceptors (Lipinski definition) is 3. The lowest BCUT2D eigenvalue weighted by molar-refractivity contribution is -0.123. The first-order chi connectivity index (χ1) is 13.1. The number of hydrazine groups is 1. The Labute approximate surface area is 165 Å². The van der Waals surface area contributed by atoms with Crippen LogP contribution in [-0.4, -0.2) is 23.8 Å². The van der Waals surface area contributed by atoms with Crippen LogP contribution in [0.4, 0.5) is 0 Å². The van der Waals surface area contributed by atoms with E-state index in [1.807, 2.05) is 25.1 Å². The van der Waals surface area contributed by atoms with Crippen molar-refractivity contribution in [2.45, 2.75) is 46.1 Å². The second kappa shape index (κ2) is 8.69. The van der Waals surface area contributed by atoms with Crippen LogP contribution in [0, 0.1) is 6.92 Å². The molecule has 3 N–H and O–H groups in total. The average molecular weight is 381 g/mol. The molecule has 0 saturated carbocycles. The normalized spacial score (nSPS) is 12.0. The number of rotatable bonds is 4. The minimum atomic E-state index is -0.809. The van der Waals surface area contributed by atoms with Gasteiger partial charge in [-0.25, -0.2) is 0 Å². The van der Waals surface area contributed by atoms with E-state index in [4.69, 9.17) is 0 Å². The minimum absolute atomic E-state index is 0.00580. The molecule has 3 amide bonds. The molecular formula is C22H27N3O3. The summed E-state index contributed by atoms with van der Waals surface area (Å²) in [4.78, 5) is 36.6. The first-order valence-corrected chi connectivity index (χ1v) is 9.16. The van der Waals surface area contributed by atoms with Crippen molar-refractivity contribution in [2.75, 3.05) is 0 Å². The Morgan fingerprint density at radius 1 is 0.857 bits per heavy atom. The van der Waals surface area contributed by atoms with Gasteiger partial charge in [-0.15, -0.1) is 0 Å². The molecule has 0 spiro atoms. The van der Waals surface area contributed by atoms with E-state index < -0.39 is 17.9 Å². The Kier molecular flexibility index (Phi) is 6.57. The summed E-state index contributed by atoms with van der Waals surface area (Å²) in [6.45, 7) is 9.71. The van der Waals surface area contributed by atoms with Crippen molar-refractivity contribution in [3.8, 4) is 0 Å². The summed E-state index contributed by atoms with van der Waals surface area (Å²) >= 11 is 0. The van der Waals surface area contributed by atoms with Gasteiger partial charge < -0.3 is 5.32 Å². The number of nitrogens with one attached hydrogen (secondary N) is 3. The Balaban J connectivity index is 1.88. The van der Waals surface area contributed by atoms with E-state index in [-0.39, 0.29) is 11.3 Å². The number of aryl methyl sites for hydroxylation is 1. The van der Waals surface area contributed by atoms with E-state index in [2.05, 4.69) is 36.9 Å². The zero-order chi connectivity index (χ0) is 20.9. The summed E-state index contributed by atoms with van der Waals surface area (Å²) in [5.74, 6) is -1.29. The molecule has 0 fully saturated rings. The maximum atomic E-state index is 12.2. The molecule has 2 aromatic carbocycles. The van der Waals surface area contributed by atoms with Crippen LogP contribution in [0.5, 0.6) is 0 Å². The first kappa shape index (κ1) is 21.2.